The van der Waals surface area contributed by atoms with Gasteiger partial charge in [0.25, 0.3) is 0 Å². The summed E-state index contributed by atoms with van der Waals surface area (Å²) in [6.45, 7) is 2.86. The second-order valence-corrected chi connectivity index (χ2v) is 6.08. The highest BCUT2D eigenvalue weighted by Crippen LogP contribution is 2.31. The SMILES string of the molecule is Cc1ccc(Br)c(N2CCC(NC3CC3)C2=O)c1. The van der Waals surface area contributed by atoms with Crippen LogP contribution in [-0.4, -0.2) is 24.5 Å². The third kappa shape index (κ3) is 2.31. The Labute approximate surface area is 116 Å². The van der Waals surface area contributed by atoms with Crippen molar-refractivity contribution < 1.29 is 4.79 Å². The highest BCUT2D eigenvalue weighted by Gasteiger charge is 2.36. The van der Waals surface area contributed by atoms with Crippen LogP contribution in [0, 0.1) is 6.92 Å². The Kier molecular flexibility index (Phi) is 3.16. The van der Waals surface area contributed by atoms with Gasteiger partial charge in [-0.25, -0.2) is 0 Å². The molecular weight excluding hydrogens is 292 g/mol. The normalized spacial score (nSPS) is 23.8. The van der Waals surface area contributed by atoms with E-state index in [4.69, 9.17) is 0 Å². The van der Waals surface area contributed by atoms with Crippen molar-refractivity contribution in [2.45, 2.75) is 38.3 Å². The van der Waals surface area contributed by atoms with Gasteiger partial charge in [0.15, 0.2) is 0 Å². The van der Waals surface area contributed by atoms with Crippen molar-refractivity contribution in [3.05, 3.63) is 28.2 Å². The van der Waals surface area contributed by atoms with Crippen molar-refractivity contribution in [3.8, 4) is 0 Å². The topological polar surface area (TPSA) is 32.3 Å². The zero-order valence-electron chi connectivity index (χ0n) is 10.4. The maximum Gasteiger partial charge on any atom is 0.244 e. The van der Waals surface area contributed by atoms with Crippen molar-refractivity contribution in [3.63, 3.8) is 0 Å². The Morgan fingerprint density at radius 3 is 2.83 bits per heavy atom. The first-order chi connectivity index (χ1) is 8.65. The third-order valence-electron chi connectivity index (χ3n) is 3.61. The lowest BCUT2D eigenvalue weighted by atomic mass is 10.2. The van der Waals surface area contributed by atoms with Crippen molar-refractivity contribution in [2.75, 3.05) is 11.4 Å². The van der Waals surface area contributed by atoms with Crippen molar-refractivity contribution in [1.29, 1.82) is 0 Å². The maximum absolute atomic E-state index is 12.4. The quantitative estimate of drug-likeness (QED) is 0.931. The highest BCUT2D eigenvalue weighted by molar-refractivity contribution is 9.10. The van der Waals surface area contributed by atoms with Crippen LogP contribution in [0.5, 0.6) is 0 Å². The molecule has 1 aromatic carbocycles. The van der Waals surface area contributed by atoms with Gasteiger partial charge in [-0.05, 0) is 59.8 Å². The summed E-state index contributed by atoms with van der Waals surface area (Å²) >= 11 is 3.54. The number of hydrogen-bond donors (Lipinski definition) is 1. The summed E-state index contributed by atoms with van der Waals surface area (Å²) in [5, 5.41) is 3.43. The highest BCUT2D eigenvalue weighted by atomic mass is 79.9. The fourth-order valence-electron chi connectivity index (χ4n) is 2.44. The van der Waals surface area contributed by atoms with Crippen molar-refractivity contribution in [2.24, 2.45) is 0 Å². The number of anilines is 1. The van der Waals surface area contributed by atoms with Gasteiger partial charge in [-0.15, -0.1) is 0 Å². The van der Waals surface area contributed by atoms with Crippen molar-refractivity contribution in [1.82, 2.24) is 5.32 Å². The van der Waals surface area contributed by atoms with E-state index in [1.807, 2.05) is 17.0 Å². The van der Waals surface area contributed by atoms with E-state index < -0.39 is 0 Å². The van der Waals surface area contributed by atoms with Crippen LogP contribution in [0.15, 0.2) is 22.7 Å². The number of hydrogen-bond acceptors (Lipinski definition) is 2. The third-order valence-corrected chi connectivity index (χ3v) is 4.28. The molecule has 18 heavy (non-hydrogen) atoms. The van der Waals surface area contributed by atoms with Crippen molar-refractivity contribution >= 4 is 27.5 Å². The lowest BCUT2D eigenvalue weighted by Crippen LogP contribution is -2.39. The second kappa shape index (κ2) is 4.67. The summed E-state index contributed by atoms with van der Waals surface area (Å²) in [5.41, 5.74) is 2.18. The molecule has 0 aromatic heterocycles. The van der Waals surface area contributed by atoms with Gasteiger partial charge in [-0.1, -0.05) is 6.07 Å². The lowest BCUT2D eigenvalue weighted by Gasteiger charge is -2.19. The number of benzene rings is 1. The molecule has 1 unspecified atom stereocenters. The van der Waals surface area contributed by atoms with Crippen LogP contribution < -0.4 is 10.2 Å². The Balaban J connectivity index is 1.80. The van der Waals surface area contributed by atoms with E-state index in [1.165, 1.54) is 18.4 Å². The molecule has 1 amide bonds. The number of nitrogens with one attached hydrogen (secondary N) is 1. The molecular formula is C14H17BrN2O. The van der Waals surface area contributed by atoms with E-state index in [-0.39, 0.29) is 11.9 Å². The zero-order chi connectivity index (χ0) is 12.7. The average Bonchev–Trinajstić information content (AvgIpc) is 3.09. The Bertz CT molecular complexity index is 485. The standard InChI is InChI=1S/C14H17BrN2O/c1-9-2-5-11(15)13(8-9)17-7-6-12(14(17)18)16-10-3-4-10/h2,5,8,10,12,16H,3-4,6-7H2,1H3. The largest absolute Gasteiger partial charge is 0.310 e. The molecule has 0 radical (unpaired) electrons. The van der Waals surface area contributed by atoms with Gasteiger partial charge < -0.3 is 10.2 Å². The summed E-state index contributed by atoms with van der Waals surface area (Å²) in [6.07, 6.45) is 3.35. The summed E-state index contributed by atoms with van der Waals surface area (Å²) in [7, 11) is 0. The molecule has 1 heterocycles. The molecule has 1 saturated carbocycles. The van der Waals surface area contributed by atoms with Crippen LogP contribution in [0.1, 0.15) is 24.8 Å². The first-order valence-electron chi connectivity index (χ1n) is 6.49. The molecule has 1 saturated heterocycles. The number of nitrogens with zero attached hydrogens (tertiary/aromatic N) is 1. The van der Waals surface area contributed by atoms with Gasteiger partial charge in [0.1, 0.15) is 0 Å². The molecule has 1 aliphatic heterocycles. The summed E-state index contributed by atoms with van der Waals surface area (Å²) in [5.74, 6) is 0.216. The van der Waals surface area contributed by atoms with Crippen LogP contribution in [-0.2, 0) is 4.79 Å². The molecule has 4 heteroatoms. The first kappa shape index (κ1) is 12.2. The molecule has 96 valence electrons. The van der Waals surface area contributed by atoms with Gasteiger partial charge >= 0.3 is 0 Å². The number of carbonyl (C=O) groups is 1. The number of halogens is 1. The minimum Gasteiger partial charge on any atom is -0.310 e. The van der Waals surface area contributed by atoms with Gasteiger partial charge in [0.05, 0.1) is 11.7 Å². The Hall–Kier alpha value is -0.870. The van der Waals surface area contributed by atoms with E-state index in [2.05, 4.69) is 34.2 Å². The fourth-order valence-corrected chi connectivity index (χ4v) is 2.90. The number of aryl methyl sites for hydroxylation is 1. The Morgan fingerprint density at radius 2 is 2.11 bits per heavy atom. The van der Waals surface area contributed by atoms with E-state index in [0.717, 1.165) is 23.1 Å². The van der Waals surface area contributed by atoms with Crippen LogP contribution in [0.3, 0.4) is 0 Å². The van der Waals surface area contributed by atoms with Crippen LogP contribution in [0.4, 0.5) is 5.69 Å². The minimum atomic E-state index is 0.0184. The monoisotopic (exact) mass is 308 g/mol. The molecule has 3 rings (SSSR count). The molecule has 3 nitrogen and oxygen atoms in total. The molecule has 1 aromatic rings. The molecule has 2 aliphatic rings. The number of amides is 1. The molecule has 1 atom stereocenters. The molecule has 0 bridgehead atoms. The summed E-state index contributed by atoms with van der Waals surface area (Å²) < 4.78 is 0.994. The lowest BCUT2D eigenvalue weighted by molar-refractivity contribution is -0.118. The maximum atomic E-state index is 12.4. The van der Waals surface area contributed by atoms with Gasteiger partial charge in [0, 0.05) is 17.1 Å². The molecule has 0 spiro atoms. The Morgan fingerprint density at radius 1 is 1.33 bits per heavy atom. The molecule has 1 N–H and O–H groups in total. The summed E-state index contributed by atoms with van der Waals surface area (Å²) in [4.78, 5) is 14.3. The number of carbonyl (C=O) groups excluding carboxylic acids is 1. The second-order valence-electron chi connectivity index (χ2n) is 5.23. The zero-order valence-corrected chi connectivity index (χ0v) is 12.0. The predicted molar refractivity (Wildman–Crippen MR) is 75.8 cm³/mol. The van der Waals surface area contributed by atoms with Gasteiger partial charge in [0.2, 0.25) is 5.91 Å². The number of rotatable bonds is 3. The van der Waals surface area contributed by atoms with E-state index in [9.17, 15) is 4.79 Å². The minimum absolute atomic E-state index is 0.0184. The van der Waals surface area contributed by atoms with E-state index in [0.29, 0.717) is 6.04 Å². The van der Waals surface area contributed by atoms with Crippen LogP contribution in [0.2, 0.25) is 0 Å². The van der Waals surface area contributed by atoms with E-state index in [1.54, 1.807) is 0 Å². The van der Waals surface area contributed by atoms with Crippen LogP contribution >= 0.6 is 15.9 Å². The smallest absolute Gasteiger partial charge is 0.244 e. The average molecular weight is 309 g/mol. The fraction of sp³-hybridized carbons (Fsp3) is 0.500. The van der Waals surface area contributed by atoms with Gasteiger partial charge in [-0.2, -0.15) is 0 Å². The molecule has 2 fully saturated rings. The van der Waals surface area contributed by atoms with E-state index >= 15 is 0 Å². The summed E-state index contributed by atoms with van der Waals surface area (Å²) in [6, 6.07) is 6.74. The molecule has 1 aliphatic carbocycles. The predicted octanol–water partition coefficient (Wildman–Crippen LogP) is 2.61. The first-order valence-corrected chi connectivity index (χ1v) is 7.28. The van der Waals surface area contributed by atoms with Crippen LogP contribution in [0.25, 0.3) is 0 Å². The van der Waals surface area contributed by atoms with Gasteiger partial charge in [-0.3, -0.25) is 4.79 Å².